The predicted molar refractivity (Wildman–Crippen MR) is 44.1 cm³/mol. The summed E-state index contributed by atoms with van der Waals surface area (Å²) >= 11 is 14.0. The molecule has 0 heterocycles. The first kappa shape index (κ1) is 8.31. The predicted octanol–water partition coefficient (Wildman–Crippen LogP) is 3.90. The molecule has 4 heteroatoms. The van der Waals surface area contributed by atoms with Gasteiger partial charge in [0.25, 0.3) is 0 Å². The highest BCUT2D eigenvalue weighted by Crippen LogP contribution is 2.26. The van der Waals surface area contributed by atoms with Crippen LogP contribution < -0.4 is 0 Å². The normalized spacial score (nSPS) is 10.0. The molecule has 0 fully saturated rings. The van der Waals surface area contributed by atoms with Crippen molar-refractivity contribution in [2.45, 2.75) is 0 Å². The van der Waals surface area contributed by atoms with Gasteiger partial charge in [0.1, 0.15) is 0 Å². The first-order valence-corrected chi connectivity index (χ1v) is 3.96. The Bertz CT molecular complexity index is 239. The number of hydrogen-bond acceptors (Lipinski definition) is 0. The smallest absolute Gasteiger partial charge is 0.160 e. The Morgan fingerprint density at radius 1 is 1.20 bits per heavy atom. The van der Waals surface area contributed by atoms with Gasteiger partial charge in [-0.2, -0.15) is 0 Å². The van der Waals surface area contributed by atoms with E-state index in [4.69, 9.17) is 23.2 Å². The standard InChI is InChI=1S/C6H2BrCl2F/c7-3-1-4(8)6(10)5(9)2-3/h1-2H. The Morgan fingerprint density at radius 3 is 2.00 bits per heavy atom. The van der Waals surface area contributed by atoms with Crippen LogP contribution in [0.25, 0.3) is 0 Å². The van der Waals surface area contributed by atoms with Crippen LogP contribution in [0.2, 0.25) is 10.0 Å². The first-order valence-electron chi connectivity index (χ1n) is 2.41. The lowest BCUT2D eigenvalue weighted by Crippen LogP contribution is -1.78. The van der Waals surface area contributed by atoms with E-state index in [1.54, 1.807) is 0 Å². The highest BCUT2D eigenvalue weighted by molar-refractivity contribution is 9.10. The summed E-state index contributed by atoms with van der Waals surface area (Å²) in [6, 6.07) is 2.89. The molecule has 1 rings (SSSR count). The van der Waals surface area contributed by atoms with Gasteiger partial charge in [0.2, 0.25) is 0 Å². The van der Waals surface area contributed by atoms with Crippen LogP contribution in [0.4, 0.5) is 4.39 Å². The Hall–Kier alpha value is 0.210. The third kappa shape index (κ3) is 1.62. The molecule has 0 radical (unpaired) electrons. The molecule has 0 saturated carbocycles. The van der Waals surface area contributed by atoms with Gasteiger partial charge in [0, 0.05) is 4.47 Å². The van der Waals surface area contributed by atoms with Crippen molar-refractivity contribution >= 4 is 39.1 Å². The van der Waals surface area contributed by atoms with Gasteiger partial charge in [-0.1, -0.05) is 39.1 Å². The molecule has 1 aromatic carbocycles. The monoisotopic (exact) mass is 242 g/mol. The zero-order chi connectivity index (χ0) is 7.72. The average Bonchev–Trinajstić information content (AvgIpc) is 1.82. The Balaban J connectivity index is 3.31. The number of benzene rings is 1. The van der Waals surface area contributed by atoms with Crippen LogP contribution in [0, 0.1) is 5.82 Å². The van der Waals surface area contributed by atoms with Crippen molar-refractivity contribution in [1.82, 2.24) is 0 Å². The summed E-state index contributed by atoms with van der Waals surface area (Å²) in [5.41, 5.74) is 0. The molecule has 0 aliphatic carbocycles. The molecule has 0 spiro atoms. The highest BCUT2D eigenvalue weighted by Gasteiger charge is 2.04. The molecule has 0 aromatic heterocycles. The Morgan fingerprint density at radius 2 is 1.60 bits per heavy atom. The summed E-state index contributed by atoms with van der Waals surface area (Å²) in [6.45, 7) is 0. The van der Waals surface area contributed by atoms with E-state index in [1.807, 2.05) is 0 Å². The molecule has 0 nitrogen and oxygen atoms in total. The van der Waals surface area contributed by atoms with E-state index in [9.17, 15) is 4.39 Å². The van der Waals surface area contributed by atoms with Crippen molar-refractivity contribution in [3.8, 4) is 0 Å². The maximum atomic E-state index is 12.6. The van der Waals surface area contributed by atoms with E-state index in [2.05, 4.69) is 15.9 Å². The molecule has 0 saturated heterocycles. The third-order valence-corrected chi connectivity index (χ3v) is 1.96. The zero-order valence-electron chi connectivity index (χ0n) is 4.67. The lowest BCUT2D eigenvalue weighted by atomic mass is 10.3. The van der Waals surface area contributed by atoms with Gasteiger partial charge >= 0.3 is 0 Å². The van der Waals surface area contributed by atoms with Crippen LogP contribution in [0.1, 0.15) is 0 Å². The summed E-state index contributed by atoms with van der Waals surface area (Å²) in [7, 11) is 0. The van der Waals surface area contributed by atoms with Crippen molar-refractivity contribution in [2.24, 2.45) is 0 Å². The molecule has 0 N–H and O–H groups in total. The van der Waals surface area contributed by atoms with Gasteiger partial charge in [0.05, 0.1) is 10.0 Å². The van der Waals surface area contributed by atoms with Crippen LogP contribution in [0.5, 0.6) is 0 Å². The maximum absolute atomic E-state index is 12.6. The lowest BCUT2D eigenvalue weighted by Gasteiger charge is -1.96. The second-order valence-electron chi connectivity index (χ2n) is 1.68. The Kier molecular flexibility index (Phi) is 2.55. The van der Waals surface area contributed by atoms with Crippen LogP contribution >= 0.6 is 39.1 Å². The second kappa shape index (κ2) is 3.07. The third-order valence-electron chi connectivity index (χ3n) is 0.949. The van der Waals surface area contributed by atoms with E-state index in [0.29, 0.717) is 4.47 Å². The minimum absolute atomic E-state index is 0.0272. The molecule has 0 amide bonds. The van der Waals surface area contributed by atoms with Gasteiger partial charge < -0.3 is 0 Å². The first-order chi connectivity index (χ1) is 4.61. The molecule has 0 unspecified atom stereocenters. The molecule has 0 aliphatic rings. The molecule has 10 heavy (non-hydrogen) atoms. The van der Waals surface area contributed by atoms with Crippen molar-refractivity contribution in [3.63, 3.8) is 0 Å². The lowest BCUT2D eigenvalue weighted by molar-refractivity contribution is 0.628. The summed E-state index contributed by atoms with van der Waals surface area (Å²) < 4.78 is 13.3. The summed E-state index contributed by atoms with van der Waals surface area (Å²) in [6.07, 6.45) is 0. The van der Waals surface area contributed by atoms with E-state index < -0.39 is 5.82 Å². The van der Waals surface area contributed by atoms with Crippen molar-refractivity contribution < 1.29 is 4.39 Å². The minimum atomic E-state index is -0.577. The second-order valence-corrected chi connectivity index (χ2v) is 3.41. The van der Waals surface area contributed by atoms with Crippen LogP contribution in [0.3, 0.4) is 0 Å². The molecule has 54 valence electrons. The fourth-order valence-corrected chi connectivity index (χ4v) is 1.73. The fourth-order valence-electron chi connectivity index (χ4n) is 0.525. The SMILES string of the molecule is Fc1c(Cl)cc(Br)cc1Cl. The number of hydrogen-bond donors (Lipinski definition) is 0. The highest BCUT2D eigenvalue weighted by atomic mass is 79.9. The van der Waals surface area contributed by atoms with Gasteiger partial charge in [-0.05, 0) is 12.1 Å². The molecule has 0 aliphatic heterocycles. The maximum Gasteiger partial charge on any atom is 0.160 e. The van der Waals surface area contributed by atoms with Crippen LogP contribution in [-0.4, -0.2) is 0 Å². The molecular weight excluding hydrogens is 242 g/mol. The van der Waals surface area contributed by atoms with Crippen LogP contribution in [-0.2, 0) is 0 Å². The summed E-state index contributed by atoms with van der Waals surface area (Å²) in [4.78, 5) is 0. The largest absolute Gasteiger partial charge is 0.204 e. The summed E-state index contributed by atoms with van der Waals surface area (Å²) in [5.74, 6) is -0.577. The number of halogens is 4. The molecule has 0 atom stereocenters. The zero-order valence-corrected chi connectivity index (χ0v) is 7.76. The van der Waals surface area contributed by atoms with E-state index in [-0.39, 0.29) is 10.0 Å². The van der Waals surface area contributed by atoms with Gasteiger partial charge in [-0.3, -0.25) is 0 Å². The van der Waals surface area contributed by atoms with E-state index in [1.165, 1.54) is 12.1 Å². The topological polar surface area (TPSA) is 0 Å². The molecule has 1 aromatic rings. The average molecular weight is 244 g/mol. The quantitative estimate of drug-likeness (QED) is 0.479. The van der Waals surface area contributed by atoms with Gasteiger partial charge in [-0.25, -0.2) is 4.39 Å². The van der Waals surface area contributed by atoms with Crippen molar-refractivity contribution in [1.29, 1.82) is 0 Å². The van der Waals surface area contributed by atoms with Gasteiger partial charge in [-0.15, -0.1) is 0 Å². The minimum Gasteiger partial charge on any atom is -0.204 e. The van der Waals surface area contributed by atoms with Crippen molar-refractivity contribution in [2.75, 3.05) is 0 Å². The van der Waals surface area contributed by atoms with E-state index in [0.717, 1.165) is 0 Å². The summed E-state index contributed by atoms with van der Waals surface area (Å²) in [5, 5.41) is 0.0544. The van der Waals surface area contributed by atoms with Crippen molar-refractivity contribution in [3.05, 3.63) is 32.5 Å². The van der Waals surface area contributed by atoms with Gasteiger partial charge in [0.15, 0.2) is 5.82 Å². The van der Waals surface area contributed by atoms with Crippen LogP contribution in [0.15, 0.2) is 16.6 Å². The molecular formula is C6H2BrCl2F. The Labute approximate surface area is 76.1 Å². The number of rotatable bonds is 0. The molecule has 0 bridgehead atoms. The fraction of sp³-hybridized carbons (Fsp3) is 0. The van der Waals surface area contributed by atoms with E-state index >= 15 is 0 Å².